The van der Waals surface area contributed by atoms with Gasteiger partial charge < -0.3 is 4.74 Å². The van der Waals surface area contributed by atoms with E-state index in [1.807, 2.05) is 68.1 Å². The molecule has 35 heavy (non-hydrogen) atoms. The van der Waals surface area contributed by atoms with Crippen LogP contribution in [0, 0.1) is 19.8 Å². The quantitative estimate of drug-likeness (QED) is 0.590. The lowest BCUT2D eigenvalue weighted by molar-refractivity contribution is -0.149. The highest BCUT2D eigenvalue weighted by atomic mass is 32.2. The number of piperidine rings is 1. The van der Waals surface area contributed by atoms with Crippen LogP contribution < -0.4 is 9.80 Å². The van der Waals surface area contributed by atoms with Crippen molar-refractivity contribution in [2.24, 2.45) is 5.92 Å². The van der Waals surface area contributed by atoms with E-state index < -0.39 is 4.87 Å². The molecule has 0 aromatic heterocycles. The average molecular weight is 494 g/mol. The normalized spacial score (nSPS) is 22.8. The molecule has 3 heterocycles. The van der Waals surface area contributed by atoms with E-state index in [1.165, 1.54) is 11.8 Å². The van der Waals surface area contributed by atoms with Gasteiger partial charge in [0.2, 0.25) is 10.8 Å². The van der Waals surface area contributed by atoms with Crippen LogP contribution in [0.1, 0.15) is 36.5 Å². The highest BCUT2D eigenvalue weighted by Gasteiger charge is 2.61. The van der Waals surface area contributed by atoms with Crippen molar-refractivity contribution in [3.63, 3.8) is 0 Å². The van der Waals surface area contributed by atoms with Gasteiger partial charge in [0.1, 0.15) is 0 Å². The highest BCUT2D eigenvalue weighted by Crippen LogP contribution is 2.55. The van der Waals surface area contributed by atoms with Crippen LogP contribution in [0.2, 0.25) is 0 Å². The Morgan fingerprint density at radius 1 is 1.09 bits per heavy atom. The number of amides is 2. The molecular weight excluding hydrogens is 462 g/mol. The number of anilines is 2. The topological polar surface area (TPSA) is 70.2 Å². The fourth-order valence-corrected chi connectivity index (χ4v) is 6.69. The molecule has 7 nitrogen and oxygen atoms in total. The van der Waals surface area contributed by atoms with Crippen molar-refractivity contribution in [1.82, 2.24) is 4.90 Å². The molecule has 2 aromatic rings. The maximum Gasteiger partial charge on any atom is 0.309 e. The van der Waals surface area contributed by atoms with Gasteiger partial charge in [0, 0.05) is 24.3 Å². The van der Waals surface area contributed by atoms with Gasteiger partial charge in [0.05, 0.1) is 30.6 Å². The molecule has 0 radical (unpaired) electrons. The summed E-state index contributed by atoms with van der Waals surface area (Å²) in [7, 11) is 0. The van der Waals surface area contributed by atoms with Crippen LogP contribution in [0.4, 0.5) is 11.4 Å². The third kappa shape index (κ3) is 3.93. The van der Waals surface area contributed by atoms with Gasteiger partial charge in [0.15, 0.2) is 0 Å². The number of rotatable bonds is 5. The number of carbonyl (C=O) groups is 3. The molecule has 5 rings (SSSR count). The first kappa shape index (κ1) is 23.9. The first-order chi connectivity index (χ1) is 16.9. The van der Waals surface area contributed by atoms with Crippen molar-refractivity contribution >= 4 is 40.9 Å². The third-order valence-corrected chi connectivity index (χ3v) is 8.75. The molecule has 1 spiro atoms. The van der Waals surface area contributed by atoms with E-state index in [4.69, 9.17) is 4.74 Å². The second-order valence-electron chi connectivity index (χ2n) is 9.47. The SMILES string of the molecule is CCOC(=O)C1CCN(CN2C(=O)[C@@]3(SCC(=O)N3c3ccc(C)c(C)c3)c3ccccc32)CC1. The number of ether oxygens (including phenoxy) is 1. The van der Waals surface area contributed by atoms with Crippen LogP contribution in [-0.2, 0) is 24.0 Å². The molecule has 8 heteroatoms. The number of likely N-dealkylation sites (tertiary alicyclic amines) is 1. The molecule has 2 amide bonds. The highest BCUT2D eigenvalue weighted by molar-refractivity contribution is 8.02. The molecule has 184 valence electrons. The summed E-state index contributed by atoms with van der Waals surface area (Å²) in [6, 6.07) is 13.8. The largest absolute Gasteiger partial charge is 0.466 e. The molecule has 0 saturated carbocycles. The standard InChI is InChI=1S/C27H31N3O4S/c1-4-34-25(32)20-11-13-28(14-12-20)17-29-23-8-6-5-7-22(23)27(26(29)33)30(24(31)16-35-27)21-10-9-18(2)19(3)15-21/h5-10,15,20H,4,11-14,16-17H2,1-3H3/t27-/m0/s1. The van der Waals surface area contributed by atoms with E-state index in [0.717, 1.165) is 54.0 Å². The number of hydrogen-bond acceptors (Lipinski definition) is 6. The maximum absolute atomic E-state index is 14.2. The number of aryl methyl sites for hydroxylation is 2. The van der Waals surface area contributed by atoms with E-state index >= 15 is 0 Å². The average Bonchev–Trinajstić information content (AvgIpc) is 3.32. The molecule has 3 aliphatic heterocycles. The fraction of sp³-hybridized carbons (Fsp3) is 0.444. The summed E-state index contributed by atoms with van der Waals surface area (Å²) < 4.78 is 5.19. The summed E-state index contributed by atoms with van der Waals surface area (Å²) in [5.41, 5.74) is 4.69. The van der Waals surface area contributed by atoms with Gasteiger partial charge in [-0.15, -0.1) is 11.8 Å². The lowest BCUT2D eigenvalue weighted by Crippen LogP contribution is -2.52. The number of fused-ring (bicyclic) bond motifs is 2. The fourth-order valence-electron chi connectivity index (χ4n) is 5.33. The van der Waals surface area contributed by atoms with Gasteiger partial charge in [0.25, 0.3) is 5.91 Å². The Morgan fingerprint density at radius 3 is 2.54 bits per heavy atom. The van der Waals surface area contributed by atoms with Gasteiger partial charge in [-0.05, 0) is 62.9 Å². The number of hydrogen-bond donors (Lipinski definition) is 0. The Kier molecular flexibility index (Phi) is 6.36. The predicted octanol–water partition coefficient (Wildman–Crippen LogP) is 3.82. The first-order valence-corrected chi connectivity index (χ1v) is 13.2. The van der Waals surface area contributed by atoms with Crippen molar-refractivity contribution in [2.75, 3.05) is 41.9 Å². The summed E-state index contributed by atoms with van der Waals surface area (Å²) >= 11 is 1.41. The Bertz CT molecular complexity index is 1180. The van der Waals surface area contributed by atoms with Crippen molar-refractivity contribution in [2.45, 2.75) is 38.5 Å². The molecular formula is C27H31N3O4S. The Morgan fingerprint density at radius 2 is 1.83 bits per heavy atom. The number of nitrogens with zero attached hydrogens (tertiary/aromatic N) is 3. The number of carbonyl (C=O) groups excluding carboxylic acids is 3. The zero-order valence-corrected chi connectivity index (χ0v) is 21.3. The van der Waals surface area contributed by atoms with Gasteiger partial charge in [-0.1, -0.05) is 24.3 Å². The molecule has 0 N–H and O–H groups in total. The van der Waals surface area contributed by atoms with E-state index in [9.17, 15) is 14.4 Å². The molecule has 0 unspecified atom stereocenters. The Hall–Kier alpha value is -2.84. The van der Waals surface area contributed by atoms with Crippen molar-refractivity contribution < 1.29 is 19.1 Å². The molecule has 0 aliphatic carbocycles. The Balaban J connectivity index is 1.44. The molecule has 2 aromatic carbocycles. The molecule has 0 bridgehead atoms. The van der Waals surface area contributed by atoms with Gasteiger partial charge in [-0.3, -0.25) is 29.1 Å². The van der Waals surface area contributed by atoms with Gasteiger partial charge >= 0.3 is 5.97 Å². The van der Waals surface area contributed by atoms with Crippen molar-refractivity contribution in [1.29, 1.82) is 0 Å². The summed E-state index contributed by atoms with van der Waals surface area (Å²) in [5, 5.41) is 0. The molecule has 3 aliphatic rings. The van der Waals surface area contributed by atoms with E-state index in [1.54, 1.807) is 4.90 Å². The predicted molar refractivity (Wildman–Crippen MR) is 137 cm³/mol. The molecule has 2 saturated heterocycles. The van der Waals surface area contributed by atoms with Crippen LogP contribution in [0.5, 0.6) is 0 Å². The molecule has 2 fully saturated rings. The van der Waals surface area contributed by atoms with Crippen LogP contribution in [0.3, 0.4) is 0 Å². The Labute approximate surface area is 210 Å². The van der Waals surface area contributed by atoms with Crippen molar-refractivity contribution in [3.8, 4) is 0 Å². The first-order valence-electron chi connectivity index (χ1n) is 12.2. The van der Waals surface area contributed by atoms with Crippen LogP contribution >= 0.6 is 11.8 Å². The third-order valence-electron chi connectivity index (χ3n) is 7.36. The summed E-state index contributed by atoms with van der Waals surface area (Å²) in [6.45, 7) is 8.15. The minimum absolute atomic E-state index is 0.0569. The van der Waals surface area contributed by atoms with Crippen LogP contribution in [0.15, 0.2) is 42.5 Å². The van der Waals surface area contributed by atoms with E-state index in [0.29, 0.717) is 13.3 Å². The van der Waals surface area contributed by atoms with E-state index in [-0.39, 0.29) is 29.5 Å². The summed E-state index contributed by atoms with van der Waals surface area (Å²) in [6.07, 6.45) is 1.44. The smallest absolute Gasteiger partial charge is 0.309 e. The minimum Gasteiger partial charge on any atom is -0.466 e. The second-order valence-corrected chi connectivity index (χ2v) is 10.6. The monoisotopic (exact) mass is 493 g/mol. The van der Waals surface area contributed by atoms with Gasteiger partial charge in [-0.2, -0.15) is 0 Å². The summed E-state index contributed by atoms with van der Waals surface area (Å²) in [4.78, 5) is 44.2. The van der Waals surface area contributed by atoms with E-state index in [2.05, 4.69) is 4.90 Å². The number of esters is 1. The number of benzene rings is 2. The zero-order chi connectivity index (χ0) is 24.7. The van der Waals surface area contributed by atoms with Crippen LogP contribution in [-0.4, -0.2) is 54.8 Å². The number of thioether (sulfide) groups is 1. The maximum atomic E-state index is 14.2. The lowest BCUT2D eigenvalue weighted by atomic mass is 9.97. The lowest BCUT2D eigenvalue weighted by Gasteiger charge is -2.36. The van der Waals surface area contributed by atoms with Crippen molar-refractivity contribution in [3.05, 3.63) is 59.2 Å². The number of para-hydroxylation sites is 1. The van der Waals surface area contributed by atoms with Gasteiger partial charge in [-0.25, -0.2) is 0 Å². The summed E-state index contributed by atoms with van der Waals surface area (Å²) in [5.74, 6) is -0.0917. The second kappa shape index (κ2) is 9.32. The minimum atomic E-state index is -1.10. The van der Waals surface area contributed by atoms with Crippen LogP contribution in [0.25, 0.3) is 0 Å². The molecule has 1 atom stereocenters. The zero-order valence-electron chi connectivity index (χ0n) is 20.5.